The zero-order valence-electron chi connectivity index (χ0n) is 11.5. The summed E-state index contributed by atoms with van der Waals surface area (Å²) in [7, 11) is 0. The van der Waals surface area contributed by atoms with Crippen LogP contribution in [-0.4, -0.2) is 26.0 Å². The Kier molecular flexibility index (Phi) is 5.56. The molecule has 0 saturated heterocycles. The van der Waals surface area contributed by atoms with Crippen molar-refractivity contribution in [2.45, 2.75) is 37.8 Å². The Hall–Kier alpha value is -1.87. The fourth-order valence-electron chi connectivity index (χ4n) is 1.80. The van der Waals surface area contributed by atoms with Crippen LogP contribution in [0.15, 0.2) is 29.4 Å². The van der Waals surface area contributed by atoms with Crippen LogP contribution in [-0.2, 0) is 6.42 Å². The molecule has 0 saturated carbocycles. The van der Waals surface area contributed by atoms with Crippen molar-refractivity contribution in [2.24, 2.45) is 0 Å². The number of rotatable bonds is 7. The molecule has 0 spiro atoms. The SMILES string of the molecule is CCCCc1ccc(-n2nnnc2SCCC#N)cc1. The molecule has 0 atom stereocenters. The number of aryl methyl sites for hydroxylation is 1. The number of nitrogens with zero attached hydrogens (tertiary/aromatic N) is 5. The molecule has 0 amide bonds. The number of unbranched alkanes of at least 4 members (excludes halogenated alkanes) is 1. The van der Waals surface area contributed by atoms with Crippen LogP contribution in [0, 0.1) is 11.3 Å². The monoisotopic (exact) mass is 287 g/mol. The van der Waals surface area contributed by atoms with E-state index in [1.165, 1.54) is 30.2 Å². The van der Waals surface area contributed by atoms with Gasteiger partial charge in [-0.15, -0.1) is 5.10 Å². The van der Waals surface area contributed by atoms with E-state index in [-0.39, 0.29) is 0 Å². The number of benzene rings is 1. The first kappa shape index (κ1) is 14.5. The van der Waals surface area contributed by atoms with Crippen molar-refractivity contribution in [3.8, 4) is 11.8 Å². The third-order valence-electron chi connectivity index (χ3n) is 2.89. The van der Waals surface area contributed by atoms with E-state index in [9.17, 15) is 0 Å². The molecule has 104 valence electrons. The van der Waals surface area contributed by atoms with Crippen LogP contribution < -0.4 is 0 Å². The second-order valence-corrected chi connectivity index (χ2v) is 5.46. The number of nitriles is 1. The number of thioether (sulfide) groups is 1. The molecule has 1 heterocycles. The lowest BCUT2D eigenvalue weighted by Gasteiger charge is -2.05. The fraction of sp³-hybridized carbons (Fsp3) is 0.429. The summed E-state index contributed by atoms with van der Waals surface area (Å²) in [6.45, 7) is 2.19. The average molecular weight is 287 g/mol. The van der Waals surface area contributed by atoms with Crippen molar-refractivity contribution in [1.29, 1.82) is 5.26 Å². The van der Waals surface area contributed by atoms with Gasteiger partial charge in [-0.05, 0) is 41.0 Å². The molecule has 0 aliphatic heterocycles. The first-order chi connectivity index (χ1) is 9.85. The molecule has 6 heteroatoms. The lowest BCUT2D eigenvalue weighted by Crippen LogP contribution is -1.99. The molecular formula is C14H17N5S. The summed E-state index contributed by atoms with van der Waals surface area (Å²) in [6.07, 6.45) is 4.01. The summed E-state index contributed by atoms with van der Waals surface area (Å²) in [5.41, 5.74) is 2.29. The molecule has 5 nitrogen and oxygen atoms in total. The molecule has 0 bridgehead atoms. The summed E-state index contributed by atoms with van der Waals surface area (Å²) in [5.74, 6) is 0.700. The molecule has 20 heavy (non-hydrogen) atoms. The maximum absolute atomic E-state index is 8.56. The molecule has 0 aliphatic carbocycles. The Balaban J connectivity index is 2.07. The van der Waals surface area contributed by atoms with Crippen molar-refractivity contribution in [3.63, 3.8) is 0 Å². The van der Waals surface area contributed by atoms with E-state index in [0.717, 1.165) is 17.3 Å². The van der Waals surface area contributed by atoms with E-state index in [1.807, 2.05) is 12.1 Å². The van der Waals surface area contributed by atoms with E-state index in [1.54, 1.807) is 4.68 Å². The molecule has 0 N–H and O–H groups in total. The lowest BCUT2D eigenvalue weighted by atomic mass is 10.1. The summed E-state index contributed by atoms with van der Waals surface area (Å²) in [5, 5.41) is 21.0. The highest BCUT2D eigenvalue weighted by atomic mass is 32.2. The average Bonchev–Trinajstić information content (AvgIpc) is 2.94. The number of aromatic nitrogens is 4. The van der Waals surface area contributed by atoms with Gasteiger partial charge in [0.2, 0.25) is 5.16 Å². The molecule has 0 fully saturated rings. The van der Waals surface area contributed by atoms with Crippen LogP contribution in [0.5, 0.6) is 0 Å². The standard InChI is InChI=1S/C14H17N5S/c1-2-3-5-12-6-8-13(9-7-12)19-14(16-17-18-19)20-11-4-10-15/h6-9H,2-5,11H2,1H3. The van der Waals surface area contributed by atoms with E-state index < -0.39 is 0 Å². The third-order valence-corrected chi connectivity index (χ3v) is 3.81. The van der Waals surface area contributed by atoms with E-state index >= 15 is 0 Å². The fourth-order valence-corrected chi connectivity index (χ4v) is 2.54. The van der Waals surface area contributed by atoms with Gasteiger partial charge in [0.25, 0.3) is 0 Å². The first-order valence-electron chi connectivity index (χ1n) is 6.72. The second-order valence-electron chi connectivity index (χ2n) is 4.40. The van der Waals surface area contributed by atoms with Crippen molar-refractivity contribution in [3.05, 3.63) is 29.8 Å². The van der Waals surface area contributed by atoms with Gasteiger partial charge < -0.3 is 0 Å². The molecule has 0 aliphatic rings. The largest absolute Gasteiger partial charge is 0.214 e. The highest BCUT2D eigenvalue weighted by Crippen LogP contribution is 2.19. The highest BCUT2D eigenvalue weighted by molar-refractivity contribution is 7.99. The van der Waals surface area contributed by atoms with Gasteiger partial charge in [-0.1, -0.05) is 37.2 Å². The van der Waals surface area contributed by atoms with Gasteiger partial charge in [0.05, 0.1) is 11.8 Å². The maximum Gasteiger partial charge on any atom is 0.214 e. The van der Waals surface area contributed by atoms with Crippen LogP contribution in [0.25, 0.3) is 5.69 Å². The second kappa shape index (κ2) is 7.65. The van der Waals surface area contributed by atoms with Gasteiger partial charge >= 0.3 is 0 Å². The molecule has 1 aromatic heterocycles. The van der Waals surface area contributed by atoms with Gasteiger partial charge in [0, 0.05) is 12.2 Å². The number of hydrogen-bond acceptors (Lipinski definition) is 5. The van der Waals surface area contributed by atoms with Crippen molar-refractivity contribution in [2.75, 3.05) is 5.75 Å². The van der Waals surface area contributed by atoms with Gasteiger partial charge in [0.1, 0.15) is 0 Å². The molecule has 2 rings (SSSR count). The topological polar surface area (TPSA) is 67.4 Å². The number of hydrogen-bond donors (Lipinski definition) is 0. The Morgan fingerprint density at radius 3 is 2.80 bits per heavy atom. The number of tetrazole rings is 1. The van der Waals surface area contributed by atoms with Crippen LogP contribution in [0.4, 0.5) is 0 Å². The van der Waals surface area contributed by atoms with Crippen LogP contribution in [0.1, 0.15) is 31.7 Å². The van der Waals surface area contributed by atoms with Crippen molar-refractivity contribution >= 4 is 11.8 Å². The summed E-state index contributed by atoms with van der Waals surface area (Å²) in [4.78, 5) is 0. The summed E-state index contributed by atoms with van der Waals surface area (Å²) < 4.78 is 1.71. The lowest BCUT2D eigenvalue weighted by molar-refractivity contribution is 0.754. The Morgan fingerprint density at radius 2 is 2.10 bits per heavy atom. The van der Waals surface area contributed by atoms with Gasteiger partial charge in [-0.2, -0.15) is 9.94 Å². The summed E-state index contributed by atoms with van der Waals surface area (Å²) >= 11 is 1.50. The molecule has 0 radical (unpaired) electrons. The summed E-state index contributed by atoms with van der Waals surface area (Å²) in [6, 6.07) is 10.4. The molecule has 0 unspecified atom stereocenters. The highest BCUT2D eigenvalue weighted by Gasteiger charge is 2.08. The zero-order valence-corrected chi connectivity index (χ0v) is 12.3. The maximum atomic E-state index is 8.56. The molecule has 2 aromatic rings. The minimum absolute atomic E-state index is 0.494. The van der Waals surface area contributed by atoms with Crippen LogP contribution in [0.2, 0.25) is 0 Å². The van der Waals surface area contributed by atoms with Gasteiger partial charge in [0.15, 0.2) is 0 Å². The van der Waals surface area contributed by atoms with Crippen LogP contribution in [0.3, 0.4) is 0 Å². The quantitative estimate of drug-likeness (QED) is 0.578. The Labute approximate surface area is 123 Å². The molecule has 1 aromatic carbocycles. The third kappa shape index (κ3) is 3.81. The molecular weight excluding hydrogens is 270 g/mol. The zero-order chi connectivity index (χ0) is 14.2. The van der Waals surface area contributed by atoms with Crippen molar-refractivity contribution < 1.29 is 0 Å². The normalized spacial score (nSPS) is 10.4. The van der Waals surface area contributed by atoms with Crippen molar-refractivity contribution in [1.82, 2.24) is 20.2 Å². The van der Waals surface area contributed by atoms with E-state index in [0.29, 0.717) is 12.2 Å². The predicted octanol–water partition coefficient (Wildman–Crippen LogP) is 3.01. The van der Waals surface area contributed by atoms with Gasteiger partial charge in [-0.3, -0.25) is 0 Å². The first-order valence-corrected chi connectivity index (χ1v) is 7.71. The van der Waals surface area contributed by atoms with E-state index in [4.69, 9.17) is 5.26 Å². The smallest absolute Gasteiger partial charge is 0.198 e. The predicted molar refractivity (Wildman–Crippen MR) is 78.7 cm³/mol. The minimum atomic E-state index is 0.494. The Bertz CT molecular complexity index is 570. The van der Waals surface area contributed by atoms with Gasteiger partial charge in [-0.25, -0.2) is 0 Å². The Morgan fingerprint density at radius 1 is 1.30 bits per heavy atom. The minimum Gasteiger partial charge on any atom is -0.198 e. The van der Waals surface area contributed by atoms with E-state index in [2.05, 4.69) is 40.7 Å². The van der Waals surface area contributed by atoms with Crippen LogP contribution >= 0.6 is 11.8 Å².